The van der Waals surface area contributed by atoms with Crippen LogP contribution in [0.3, 0.4) is 0 Å². The molecule has 0 bridgehead atoms. The van der Waals surface area contributed by atoms with Gasteiger partial charge in [0.2, 0.25) is 0 Å². The molecule has 0 atom stereocenters. The molecule has 0 radical (unpaired) electrons. The Labute approximate surface area is 153 Å². The number of aromatic carboxylic acids is 1. The average molecular weight is 375 g/mol. The Kier molecular flexibility index (Phi) is 4.83. The van der Waals surface area contributed by atoms with E-state index < -0.39 is 5.97 Å². The molecule has 0 saturated heterocycles. The monoisotopic (exact) mass is 374 g/mol. The zero-order valence-electron chi connectivity index (χ0n) is 12.7. The summed E-state index contributed by atoms with van der Waals surface area (Å²) in [7, 11) is 0. The largest absolute Gasteiger partial charge is 0.507 e. The second-order valence-corrected chi connectivity index (χ2v) is 6.04. The van der Waals surface area contributed by atoms with Crippen molar-refractivity contribution in [2.75, 3.05) is 0 Å². The maximum Gasteiger partial charge on any atom is 0.335 e. The fraction of sp³-hybridized carbons (Fsp3) is 0. The van der Waals surface area contributed by atoms with E-state index in [1.807, 2.05) is 30.3 Å². The fourth-order valence-electron chi connectivity index (χ4n) is 2.33. The number of aromatic hydroxyl groups is 1. The molecule has 3 rings (SSSR count). The number of hydrogen-bond donors (Lipinski definition) is 2. The van der Waals surface area contributed by atoms with Crippen LogP contribution in [0.4, 0.5) is 0 Å². The number of rotatable bonds is 4. The van der Waals surface area contributed by atoms with E-state index in [0.717, 1.165) is 5.56 Å². The first kappa shape index (κ1) is 17.1. The molecule has 0 amide bonds. The highest BCUT2D eigenvalue weighted by Crippen LogP contribution is 2.40. The third-order valence-corrected chi connectivity index (χ3v) is 4.08. The Bertz CT molecular complexity index is 916. The molecule has 126 valence electrons. The summed E-state index contributed by atoms with van der Waals surface area (Å²) in [6.45, 7) is 0. The lowest BCUT2D eigenvalue weighted by Gasteiger charge is -2.12. The number of carboxylic acid groups (broad SMARTS) is 1. The van der Waals surface area contributed by atoms with Crippen LogP contribution in [-0.4, -0.2) is 16.2 Å². The van der Waals surface area contributed by atoms with Gasteiger partial charge in [-0.05, 0) is 35.9 Å². The molecule has 25 heavy (non-hydrogen) atoms. The van der Waals surface area contributed by atoms with Crippen molar-refractivity contribution in [3.8, 4) is 28.4 Å². The third-order valence-electron chi connectivity index (χ3n) is 3.52. The van der Waals surface area contributed by atoms with E-state index in [1.54, 1.807) is 12.1 Å². The van der Waals surface area contributed by atoms with Crippen molar-refractivity contribution in [2.45, 2.75) is 0 Å². The Balaban J connectivity index is 1.98. The zero-order valence-corrected chi connectivity index (χ0v) is 14.3. The van der Waals surface area contributed by atoms with E-state index in [-0.39, 0.29) is 27.1 Å². The lowest BCUT2D eigenvalue weighted by molar-refractivity contribution is 0.0697. The van der Waals surface area contributed by atoms with Crippen molar-refractivity contribution in [3.05, 3.63) is 76.3 Å². The predicted octanol–water partition coefficient (Wildman–Crippen LogP) is 5.86. The summed E-state index contributed by atoms with van der Waals surface area (Å²) in [4.78, 5) is 11.0. The number of carboxylic acids is 1. The third kappa shape index (κ3) is 3.71. The average Bonchev–Trinajstić information content (AvgIpc) is 2.60. The summed E-state index contributed by atoms with van der Waals surface area (Å²) in [5, 5.41) is 19.3. The number of hydrogen-bond acceptors (Lipinski definition) is 3. The topological polar surface area (TPSA) is 66.8 Å². The first-order valence-corrected chi connectivity index (χ1v) is 8.00. The van der Waals surface area contributed by atoms with E-state index >= 15 is 0 Å². The van der Waals surface area contributed by atoms with Gasteiger partial charge in [-0.3, -0.25) is 0 Å². The number of benzene rings is 3. The van der Waals surface area contributed by atoms with Crippen LogP contribution in [-0.2, 0) is 0 Å². The van der Waals surface area contributed by atoms with Gasteiger partial charge in [-0.2, -0.15) is 0 Å². The summed E-state index contributed by atoms with van der Waals surface area (Å²) in [6.07, 6.45) is 0. The van der Waals surface area contributed by atoms with Gasteiger partial charge in [0, 0.05) is 5.56 Å². The van der Waals surface area contributed by atoms with Crippen molar-refractivity contribution in [1.29, 1.82) is 0 Å². The van der Waals surface area contributed by atoms with Crippen LogP contribution in [0.1, 0.15) is 10.4 Å². The molecule has 3 aromatic carbocycles. The first-order chi connectivity index (χ1) is 12.0. The van der Waals surface area contributed by atoms with Crippen molar-refractivity contribution < 1.29 is 19.7 Å². The van der Waals surface area contributed by atoms with E-state index in [2.05, 4.69) is 0 Å². The Morgan fingerprint density at radius 1 is 0.920 bits per heavy atom. The number of phenols is 1. The van der Waals surface area contributed by atoms with Gasteiger partial charge in [0.1, 0.15) is 11.5 Å². The van der Waals surface area contributed by atoms with E-state index in [4.69, 9.17) is 33.0 Å². The Hall–Kier alpha value is -2.69. The Morgan fingerprint density at radius 3 is 2.16 bits per heavy atom. The van der Waals surface area contributed by atoms with Crippen LogP contribution in [0.15, 0.2) is 60.7 Å². The molecule has 6 heteroatoms. The van der Waals surface area contributed by atoms with Gasteiger partial charge >= 0.3 is 5.97 Å². The Morgan fingerprint density at radius 2 is 1.56 bits per heavy atom. The zero-order chi connectivity index (χ0) is 18.0. The van der Waals surface area contributed by atoms with Gasteiger partial charge in [0.05, 0.1) is 15.6 Å². The van der Waals surface area contributed by atoms with E-state index in [1.165, 1.54) is 18.2 Å². The van der Waals surface area contributed by atoms with E-state index in [9.17, 15) is 9.90 Å². The molecule has 0 aliphatic heterocycles. The highest BCUT2D eigenvalue weighted by atomic mass is 35.5. The number of phenolic OH excluding ortho intramolecular Hbond substituents is 1. The van der Waals surface area contributed by atoms with Crippen LogP contribution in [0.2, 0.25) is 10.0 Å². The lowest BCUT2D eigenvalue weighted by atomic mass is 10.0. The molecule has 0 heterocycles. The maximum absolute atomic E-state index is 11.0. The molecule has 3 aromatic rings. The molecular weight excluding hydrogens is 363 g/mol. The van der Waals surface area contributed by atoms with Crippen molar-refractivity contribution >= 4 is 29.2 Å². The molecule has 0 unspecified atom stereocenters. The normalized spacial score (nSPS) is 10.5. The minimum Gasteiger partial charge on any atom is -0.507 e. The number of ether oxygens (including phenoxy) is 1. The van der Waals surface area contributed by atoms with Crippen molar-refractivity contribution in [3.63, 3.8) is 0 Å². The van der Waals surface area contributed by atoms with Crippen LogP contribution in [0.25, 0.3) is 11.1 Å². The quantitative estimate of drug-likeness (QED) is 0.600. The number of carbonyl (C=O) groups is 1. The van der Waals surface area contributed by atoms with Crippen LogP contribution < -0.4 is 4.74 Å². The summed E-state index contributed by atoms with van der Waals surface area (Å²) >= 11 is 12.2. The molecule has 0 saturated carbocycles. The SMILES string of the molecule is O=C(O)c1cc(Cl)c(Oc2ccc(O)c(-c3ccccc3)c2)c(Cl)c1. The maximum atomic E-state index is 11.0. The first-order valence-electron chi connectivity index (χ1n) is 7.24. The van der Waals surface area contributed by atoms with Gasteiger partial charge < -0.3 is 14.9 Å². The molecule has 2 N–H and O–H groups in total. The second-order valence-electron chi connectivity index (χ2n) is 5.22. The summed E-state index contributed by atoms with van der Waals surface area (Å²) < 4.78 is 5.72. The minimum absolute atomic E-state index is 0.0296. The van der Waals surface area contributed by atoms with Crippen LogP contribution >= 0.6 is 23.2 Å². The molecule has 0 aliphatic carbocycles. The highest BCUT2D eigenvalue weighted by Gasteiger charge is 2.15. The molecular formula is C19H12Cl2O4. The fourth-order valence-corrected chi connectivity index (χ4v) is 2.89. The smallest absolute Gasteiger partial charge is 0.335 e. The van der Waals surface area contributed by atoms with Gasteiger partial charge in [-0.25, -0.2) is 4.79 Å². The van der Waals surface area contributed by atoms with Crippen LogP contribution in [0, 0.1) is 0 Å². The summed E-state index contributed by atoms with van der Waals surface area (Å²) in [5.74, 6) is -0.468. The van der Waals surface area contributed by atoms with Crippen LogP contribution in [0.5, 0.6) is 17.2 Å². The molecule has 0 spiro atoms. The van der Waals surface area contributed by atoms with Crippen molar-refractivity contribution in [2.24, 2.45) is 0 Å². The van der Waals surface area contributed by atoms with Gasteiger partial charge in [0.25, 0.3) is 0 Å². The summed E-state index contributed by atoms with van der Waals surface area (Å²) in [6, 6.07) is 16.6. The second kappa shape index (κ2) is 7.05. The molecule has 4 nitrogen and oxygen atoms in total. The highest BCUT2D eigenvalue weighted by molar-refractivity contribution is 6.37. The number of halogens is 2. The lowest BCUT2D eigenvalue weighted by Crippen LogP contribution is -1.97. The molecule has 0 fully saturated rings. The van der Waals surface area contributed by atoms with Gasteiger partial charge in [0.15, 0.2) is 5.75 Å². The minimum atomic E-state index is -1.13. The predicted molar refractivity (Wildman–Crippen MR) is 97.0 cm³/mol. The van der Waals surface area contributed by atoms with Crippen molar-refractivity contribution in [1.82, 2.24) is 0 Å². The molecule has 0 aromatic heterocycles. The standard InChI is InChI=1S/C19H12Cl2O4/c20-15-8-12(19(23)24)9-16(21)18(15)25-13-6-7-17(22)14(10-13)11-4-2-1-3-5-11/h1-10,22H,(H,23,24). The van der Waals surface area contributed by atoms with Gasteiger partial charge in [-0.1, -0.05) is 53.5 Å². The summed E-state index contributed by atoms with van der Waals surface area (Å²) in [5.41, 5.74) is 1.38. The van der Waals surface area contributed by atoms with E-state index in [0.29, 0.717) is 11.3 Å². The molecule has 0 aliphatic rings. The van der Waals surface area contributed by atoms with Gasteiger partial charge in [-0.15, -0.1) is 0 Å².